The second-order valence-electron chi connectivity index (χ2n) is 6.37. The van der Waals surface area contributed by atoms with E-state index in [2.05, 4.69) is 15.9 Å². The lowest BCUT2D eigenvalue weighted by Gasteiger charge is -2.17. The molecule has 0 unspecified atom stereocenters. The highest BCUT2D eigenvalue weighted by Crippen LogP contribution is 2.27. The van der Waals surface area contributed by atoms with Gasteiger partial charge in [-0.1, -0.05) is 28.1 Å². The SMILES string of the molecule is CCOc1ccc(N2C[C@H](C(=O)OCC(=O)c3ccc(Br)cc3)CC2=O)cc1. The number of ether oxygens (including phenoxy) is 2. The molecule has 28 heavy (non-hydrogen) atoms. The minimum absolute atomic E-state index is 0.0680. The number of nitrogens with zero attached hydrogens (tertiary/aromatic N) is 1. The van der Waals surface area contributed by atoms with Crippen LogP contribution >= 0.6 is 15.9 Å². The van der Waals surface area contributed by atoms with Crippen molar-refractivity contribution >= 4 is 39.3 Å². The average molecular weight is 446 g/mol. The smallest absolute Gasteiger partial charge is 0.311 e. The highest BCUT2D eigenvalue weighted by molar-refractivity contribution is 9.10. The first kappa shape index (κ1) is 20.1. The van der Waals surface area contributed by atoms with Crippen molar-refractivity contribution in [3.05, 3.63) is 58.6 Å². The Labute approximate surface area is 171 Å². The molecule has 0 aliphatic carbocycles. The number of benzene rings is 2. The van der Waals surface area contributed by atoms with Crippen LogP contribution in [-0.4, -0.2) is 37.4 Å². The van der Waals surface area contributed by atoms with E-state index in [0.717, 1.165) is 10.2 Å². The highest BCUT2D eigenvalue weighted by Gasteiger charge is 2.36. The molecule has 146 valence electrons. The summed E-state index contributed by atoms with van der Waals surface area (Å²) < 4.78 is 11.4. The van der Waals surface area contributed by atoms with Gasteiger partial charge in [0.1, 0.15) is 5.75 Å². The van der Waals surface area contributed by atoms with E-state index in [4.69, 9.17) is 9.47 Å². The topological polar surface area (TPSA) is 72.9 Å². The molecule has 1 fully saturated rings. The van der Waals surface area contributed by atoms with E-state index in [-0.39, 0.29) is 31.3 Å². The summed E-state index contributed by atoms with van der Waals surface area (Å²) in [6.07, 6.45) is 0.0680. The Kier molecular flexibility index (Phi) is 6.46. The molecule has 0 N–H and O–H groups in total. The van der Waals surface area contributed by atoms with Gasteiger partial charge < -0.3 is 14.4 Å². The third kappa shape index (κ3) is 4.78. The number of carbonyl (C=O) groups is 3. The van der Waals surface area contributed by atoms with Gasteiger partial charge in [0.25, 0.3) is 0 Å². The lowest BCUT2D eigenvalue weighted by molar-refractivity contribution is -0.147. The van der Waals surface area contributed by atoms with Crippen LogP contribution in [0.15, 0.2) is 53.0 Å². The maximum Gasteiger partial charge on any atom is 0.311 e. The van der Waals surface area contributed by atoms with E-state index in [1.165, 1.54) is 0 Å². The first-order valence-electron chi connectivity index (χ1n) is 8.96. The summed E-state index contributed by atoms with van der Waals surface area (Å²) in [5.41, 5.74) is 1.17. The summed E-state index contributed by atoms with van der Waals surface area (Å²) in [4.78, 5) is 38.3. The van der Waals surface area contributed by atoms with Crippen LogP contribution in [0.5, 0.6) is 5.75 Å². The van der Waals surface area contributed by atoms with E-state index >= 15 is 0 Å². The fourth-order valence-corrected chi connectivity index (χ4v) is 3.24. The lowest BCUT2D eigenvalue weighted by atomic mass is 10.1. The fourth-order valence-electron chi connectivity index (χ4n) is 2.98. The molecule has 0 bridgehead atoms. The predicted molar refractivity (Wildman–Crippen MR) is 108 cm³/mol. The van der Waals surface area contributed by atoms with E-state index in [0.29, 0.717) is 17.9 Å². The largest absolute Gasteiger partial charge is 0.494 e. The number of ketones is 1. The van der Waals surface area contributed by atoms with Crippen molar-refractivity contribution in [2.45, 2.75) is 13.3 Å². The number of esters is 1. The molecular formula is C21H20BrNO5. The Morgan fingerprint density at radius 1 is 1.11 bits per heavy atom. The molecule has 6 nitrogen and oxygen atoms in total. The number of Topliss-reactive ketones (excluding diaryl/α,β-unsaturated/α-hetero) is 1. The van der Waals surface area contributed by atoms with Gasteiger partial charge in [-0.05, 0) is 43.3 Å². The first-order chi connectivity index (χ1) is 13.5. The van der Waals surface area contributed by atoms with Crippen LogP contribution < -0.4 is 9.64 Å². The fraction of sp³-hybridized carbons (Fsp3) is 0.286. The van der Waals surface area contributed by atoms with Gasteiger partial charge in [0.15, 0.2) is 12.4 Å². The number of hydrogen-bond donors (Lipinski definition) is 0. The number of rotatable bonds is 7. The quantitative estimate of drug-likeness (QED) is 0.480. The zero-order valence-corrected chi connectivity index (χ0v) is 17.0. The molecule has 1 amide bonds. The molecule has 2 aromatic carbocycles. The maximum atomic E-state index is 12.3. The normalized spacial score (nSPS) is 16.1. The summed E-state index contributed by atoms with van der Waals surface area (Å²) >= 11 is 3.30. The van der Waals surface area contributed by atoms with Crippen molar-refractivity contribution in [2.75, 3.05) is 24.7 Å². The Morgan fingerprint density at radius 2 is 1.79 bits per heavy atom. The van der Waals surface area contributed by atoms with Crippen molar-refractivity contribution < 1.29 is 23.9 Å². The van der Waals surface area contributed by atoms with E-state index < -0.39 is 11.9 Å². The Balaban J connectivity index is 1.56. The van der Waals surface area contributed by atoms with Gasteiger partial charge in [-0.3, -0.25) is 14.4 Å². The summed E-state index contributed by atoms with van der Waals surface area (Å²) in [5.74, 6) is -0.830. The van der Waals surface area contributed by atoms with Crippen LogP contribution in [0.4, 0.5) is 5.69 Å². The van der Waals surface area contributed by atoms with Crippen LogP contribution in [0.2, 0.25) is 0 Å². The molecule has 0 radical (unpaired) electrons. The van der Waals surface area contributed by atoms with Gasteiger partial charge >= 0.3 is 5.97 Å². The maximum absolute atomic E-state index is 12.3. The number of halogens is 1. The van der Waals surface area contributed by atoms with Gasteiger partial charge in [-0.15, -0.1) is 0 Å². The second-order valence-corrected chi connectivity index (χ2v) is 7.29. The van der Waals surface area contributed by atoms with Gasteiger partial charge in [-0.25, -0.2) is 0 Å². The van der Waals surface area contributed by atoms with Gasteiger partial charge in [0.2, 0.25) is 5.91 Å². The molecule has 1 aliphatic heterocycles. The summed E-state index contributed by atoms with van der Waals surface area (Å²) in [5, 5.41) is 0. The highest BCUT2D eigenvalue weighted by atomic mass is 79.9. The van der Waals surface area contributed by atoms with Crippen LogP contribution in [0, 0.1) is 5.92 Å². The van der Waals surface area contributed by atoms with Gasteiger partial charge in [-0.2, -0.15) is 0 Å². The van der Waals surface area contributed by atoms with Gasteiger partial charge in [0, 0.05) is 28.7 Å². The number of carbonyl (C=O) groups excluding carboxylic acids is 3. The Bertz CT molecular complexity index is 863. The first-order valence-corrected chi connectivity index (χ1v) is 9.76. The minimum atomic E-state index is -0.586. The van der Waals surface area contributed by atoms with Crippen LogP contribution in [0.3, 0.4) is 0 Å². The Morgan fingerprint density at radius 3 is 2.43 bits per heavy atom. The zero-order chi connectivity index (χ0) is 20.1. The minimum Gasteiger partial charge on any atom is -0.494 e. The number of hydrogen-bond acceptors (Lipinski definition) is 5. The van der Waals surface area contributed by atoms with E-state index in [1.54, 1.807) is 53.4 Å². The van der Waals surface area contributed by atoms with Crippen LogP contribution in [-0.2, 0) is 14.3 Å². The third-order valence-electron chi connectivity index (χ3n) is 4.43. The zero-order valence-electron chi connectivity index (χ0n) is 15.4. The molecule has 3 rings (SSSR count). The van der Waals surface area contributed by atoms with Gasteiger partial charge in [0.05, 0.1) is 12.5 Å². The average Bonchev–Trinajstić information content (AvgIpc) is 3.09. The molecule has 0 spiro atoms. The molecule has 7 heteroatoms. The molecule has 1 saturated heterocycles. The molecule has 2 aromatic rings. The summed E-state index contributed by atoms with van der Waals surface area (Å²) in [6, 6.07) is 14.0. The molecule has 1 atom stereocenters. The molecule has 1 heterocycles. The van der Waals surface area contributed by atoms with Crippen LogP contribution in [0.25, 0.3) is 0 Å². The standard InChI is InChI=1S/C21H20BrNO5/c1-2-27-18-9-7-17(8-10-18)23-12-15(11-20(23)25)21(26)28-13-19(24)14-3-5-16(22)6-4-14/h3-10,15H,2,11-13H2,1H3/t15-/m1/s1. The number of anilines is 1. The summed E-state index contributed by atoms with van der Waals surface area (Å²) in [7, 11) is 0. The van der Waals surface area contributed by atoms with Crippen molar-refractivity contribution in [2.24, 2.45) is 5.92 Å². The molecule has 1 aliphatic rings. The molecule has 0 aromatic heterocycles. The second kappa shape index (κ2) is 9.01. The van der Waals surface area contributed by atoms with E-state index in [9.17, 15) is 14.4 Å². The summed E-state index contributed by atoms with van der Waals surface area (Å²) in [6.45, 7) is 2.36. The lowest BCUT2D eigenvalue weighted by Crippen LogP contribution is -2.27. The predicted octanol–water partition coefficient (Wildman–Crippen LogP) is 3.63. The number of amides is 1. The van der Waals surface area contributed by atoms with E-state index in [1.807, 2.05) is 6.92 Å². The Hall–Kier alpha value is -2.67. The van der Waals surface area contributed by atoms with Crippen molar-refractivity contribution in [1.82, 2.24) is 0 Å². The molecule has 0 saturated carbocycles. The monoisotopic (exact) mass is 445 g/mol. The van der Waals surface area contributed by atoms with Crippen LogP contribution in [0.1, 0.15) is 23.7 Å². The van der Waals surface area contributed by atoms with Crippen molar-refractivity contribution in [3.63, 3.8) is 0 Å². The molecular weight excluding hydrogens is 426 g/mol. The third-order valence-corrected chi connectivity index (χ3v) is 4.96. The van der Waals surface area contributed by atoms with Crippen molar-refractivity contribution in [3.8, 4) is 5.75 Å². The van der Waals surface area contributed by atoms with Crippen molar-refractivity contribution in [1.29, 1.82) is 0 Å².